The lowest BCUT2D eigenvalue weighted by Crippen LogP contribution is -2.24. The lowest BCUT2D eigenvalue weighted by molar-refractivity contribution is -0.192. The molecule has 14 heteroatoms. The summed E-state index contributed by atoms with van der Waals surface area (Å²) in [5.41, 5.74) is 4.13. The predicted molar refractivity (Wildman–Crippen MR) is 137 cm³/mol. The van der Waals surface area contributed by atoms with E-state index in [2.05, 4.69) is 9.88 Å². The largest absolute Gasteiger partial charge is 0.490 e. The minimum Gasteiger partial charge on any atom is -0.478 e. The number of sulfonamides is 1. The minimum absolute atomic E-state index is 0.00815. The summed E-state index contributed by atoms with van der Waals surface area (Å²) in [6.07, 6.45) is -4.44. The summed E-state index contributed by atoms with van der Waals surface area (Å²) in [6, 6.07) is 9.47. The molecule has 212 valence electrons. The molecule has 0 aliphatic rings. The lowest BCUT2D eigenvalue weighted by Gasteiger charge is -2.23. The van der Waals surface area contributed by atoms with Crippen molar-refractivity contribution in [2.75, 3.05) is 23.2 Å². The fraction of sp³-hybridized carbons (Fsp3) is 0.320. The first-order valence-electron chi connectivity index (χ1n) is 11.3. The van der Waals surface area contributed by atoms with Crippen LogP contribution < -0.4 is 9.62 Å². The van der Waals surface area contributed by atoms with Gasteiger partial charge in [-0.1, -0.05) is 22.9 Å². The number of carboxylic acids is 2. The Morgan fingerprint density at radius 1 is 1.05 bits per heavy atom. The van der Waals surface area contributed by atoms with E-state index in [1.54, 1.807) is 31.2 Å². The van der Waals surface area contributed by atoms with E-state index in [1.807, 2.05) is 32.7 Å². The number of nitrogens with zero attached hydrogens (tertiary/aromatic N) is 2. The highest BCUT2D eigenvalue weighted by Gasteiger charge is 2.38. The van der Waals surface area contributed by atoms with E-state index in [9.17, 15) is 31.5 Å². The van der Waals surface area contributed by atoms with Gasteiger partial charge in [0.1, 0.15) is 5.76 Å². The maximum atomic E-state index is 13.1. The number of anilines is 2. The number of aromatic carboxylic acids is 1. The summed E-state index contributed by atoms with van der Waals surface area (Å²) in [5.74, 6) is -3.15. The summed E-state index contributed by atoms with van der Waals surface area (Å²) in [5, 5.41) is 20.5. The number of aromatic nitrogens is 1. The van der Waals surface area contributed by atoms with E-state index in [0.717, 1.165) is 22.6 Å². The molecule has 3 N–H and O–H groups in total. The first-order valence-corrected chi connectivity index (χ1v) is 12.8. The summed E-state index contributed by atoms with van der Waals surface area (Å²) in [4.78, 5) is 22.4. The first kappa shape index (κ1) is 31.1. The zero-order chi connectivity index (χ0) is 29.7. The molecule has 3 aromatic rings. The smallest absolute Gasteiger partial charge is 0.478 e. The molecule has 3 rings (SSSR count). The van der Waals surface area contributed by atoms with Gasteiger partial charge in [0, 0.05) is 19.2 Å². The molecule has 0 amide bonds. The molecule has 0 atom stereocenters. The third-order valence-electron chi connectivity index (χ3n) is 5.64. The molecule has 0 saturated heterocycles. The molecule has 1 aromatic heterocycles. The number of aryl methyl sites for hydroxylation is 4. The Morgan fingerprint density at radius 3 is 2.15 bits per heavy atom. The zero-order valence-corrected chi connectivity index (χ0v) is 22.6. The lowest BCUT2D eigenvalue weighted by atomic mass is 10.1. The van der Waals surface area contributed by atoms with Crippen molar-refractivity contribution < 1.29 is 45.9 Å². The molecule has 0 aliphatic carbocycles. The second kappa shape index (κ2) is 12.2. The van der Waals surface area contributed by atoms with Crippen molar-refractivity contribution in [2.45, 2.75) is 45.2 Å². The van der Waals surface area contributed by atoms with E-state index in [-0.39, 0.29) is 16.1 Å². The number of hydrogen-bond donors (Lipinski definition) is 3. The number of aliphatic carboxylic acids is 1. The van der Waals surface area contributed by atoms with Crippen molar-refractivity contribution in [1.82, 2.24) is 5.16 Å². The molecule has 0 fully saturated rings. The molecule has 0 bridgehead atoms. The number of hydrogen-bond acceptors (Lipinski definition) is 7. The summed E-state index contributed by atoms with van der Waals surface area (Å²) in [7, 11) is -2.10. The number of carbonyl (C=O) groups is 2. The van der Waals surface area contributed by atoms with E-state index < -0.39 is 28.1 Å². The molecule has 1 heterocycles. The first-order chi connectivity index (χ1) is 17.9. The van der Waals surface area contributed by atoms with E-state index >= 15 is 0 Å². The Morgan fingerprint density at radius 2 is 1.67 bits per heavy atom. The molecule has 10 nitrogen and oxygen atoms in total. The van der Waals surface area contributed by atoms with Crippen LogP contribution in [0.5, 0.6) is 0 Å². The number of alkyl halides is 3. The number of rotatable bonds is 8. The minimum atomic E-state index is -5.08. The number of benzene rings is 2. The van der Waals surface area contributed by atoms with E-state index in [4.69, 9.17) is 14.4 Å². The van der Waals surface area contributed by atoms with Crippen molar-refractivity contribution in [3.63, 3.8) is 0 Å². The van der Waals surface area contributed by atoms with Crippen LogP contribution in [0.1, 0.15) is 38.5 Å². The van der Waals surface area contributed by atoms with Crippen molar-refractivity contribution in [3.8, 4) is 0 Å². The number of nitrogens with one attached hydrogen (secondary N) is 1. The van der Waals surface area contributed by atoms with E-state index in [1.165, 1.54) is 12.1 Å². The van der Waals surface area contributed by atoms with Gasteiger partial charge in [-0.2, -0.15) is 13.2 Å². The van der Waals surface area contributed by atoms with Crippen molar-refractivity contribution >= 4 is 33.3 Å². The number of likely N-dealkylation sites (N-methyl/N-ethyl adjacent to an activating group) is 1. The van der Waals surface area contributed by atoms with Gasteiger partial charge in [0.05, 0.1) is 27.5 Å². The monoisotopic (exact) mass is 571 g/mol. The summed E-state index contributed by atoms with van der Waals surface area (Å²) < 4.78 is 65.8. The summed E-state index contributed by atoms with van der Waals surface area (Å²) >= 11 is 0. The Labute approximate surface area is 223 Å². The fourth-order valence-electron chi connectivity index (χ4n) is 3.64. The third-order valence-corrected chi connectivity index (χ3v) is 7.17. The zero-order valence-electron chi connectivity index (χ0n) is 21.8. The summed E-state index contributed by atoms with van der Waals surface area (Å²) in [6.45, 7) is 7.89. The Bertz CT molecular complexity index is 1450. The molecule has 0 unspecified atom stereocenters. The van der Waals surface area contributed by atoms with Crippen LogP contribution in [0.15, 0.2) is 45.8 Å². The Kier molecular flexibility index (Phi) is 9.74. The quantitative estimate of drug-likeness (QED) is 0.349. The van der Waals surface area contributed by atoms with Gasteiger partial charge in [-0.05, 0) is 63.9 Å². The van der Waals surface area contributed by atoms with Crippen molar-refractivity contribution in [1.29, 1.82) is 0 Å². The van der Waals surface area contributed by atoms with Crippen LogP contribution in [0.4, 0.5) is 24.5 Å². The maximum Gasteiger partial charge on any atom is 0.490 e. The van der Waals surface area contributed by atoms with Crippen molar-refractivity contribution in [2.24, 2.45) is 0 Å². The molecule has 2 aromatic carbocycles. The maximum absolute atomic E-state index is 13.1. The van der Waals surface area contributed by atoms with Gasteiger partial charge in [0.2, 0.25) is 0 Å². The van der Waals surface area contributed by atoms with Gasteiger partial charge in [-0.25, -0.2) is 18.0 Å². The van der Waals surface area contributed by atoms with Gasteiger partial charge in [-0.3, -0.25) is 4.72 Å². The topological polar surface area (TPSA) is 150 Å². The Hall–Kier alpha value is -4.07. The highest BCUT2D eigenvalue weighted by molar-refractivity contribution is 7.92. The van der Waals surface area contributed by atoms with Crippen LogP contribution in [0.25, 0.3) is 0 Å². The highest BCUT2D eigenvalue weighted by Crippen LogP contribution is 2.30. The molecule has 39 heavy (non-hydrogen) atoms. The van der Waals surface area contributed by atoms with Gasteiger partial charge in [-0.15, -0.1) is 0 Å². The molecule has 0 aliphatic heterocycles. The predicted octanol–water partition coefficient (Wildman–Crippen LogP) is 4.72. The molecule has 0 radical (unpaired) electrons. The molecule has 0 saturated carbocycles. The average molecular weight is 572 g/mol. The van der Waals surface area contributed by atoms with Crippen LogP contribution in [0.3, 0.4) is 0 Å². The average Bonchev–Trinajstić information content (AvgIpc) is 3.13. The van der Waals surface area contributed by atoms with Crippen molar-refractivity contribution in [3.05, 3.63) is 70.1 Å². The van der Waals surface area contributed by atoms with Crippen LogP contribution in [0.2, 0.25) is 0 Å². The van der Waals surface area contributed by atoms with Gasteiger partial charge in [0.15, 0.2) is 0 Å². The van der Waals surface area contributed by atoms with Gasteiger partial charge in [0.25, 0.3) is 10.0 Å². The highest BCUT2D eigenvalue weighted by atomic mass is 32.2. The molecular weight excluding hydrogens is 543 g/mol. The van der Waals surface area contributed by atoms with Crippen LogP contribution in [0, 0.1) is 27.7 Å². The number of carboxylic acid groups (broad SMARTS) is 2. The Balaban J connectivity index is 0.000000673. The van der Waals surface area contributed by atoms with Gasteiger partial charge < -0.3 is 19.6 Å². The van der Waals surface area contributed by atoms with Crippen LogP contribution in [-0.4, -0.2) is 55.5 Å². The standard InChI is InChI=1S/C23H27N3O5S.C2HF3O2/c1-14-6-9-22(15(2)12-14)32(29,30)25-20-13-18(23(27)28)7-8-21(20)26(5)11-10-19-16(3)24-31-17(19)4;3-2(4,5)1(6)7/h6-9,12-13,25H,10-11H2,1-5H3,(H,27,28);(H,6,7). The second-order valence-electron chi connectivity index (χ2n) is 8.69. The SMILES string of the molecule is Cc1ccc(S(=O)(=O)Nc2cc(C(=O)O)ccc2N(C)CCc2c(C)noc2C)c(C)c1.O=C(O)C(F)(F)F. The molecular formula is C25H28F3N3O7S. The number of halogens is 3. The van der Waals surface area contributed by atoms with Crippen LogP contribution >= 0.6 is 0 Å². The van der Waals surface area contributed by atoms with Crippen LogP contribution in [-0.2, 0) is 21.2 Å². The second-order valence-corrected chi connectivity index (χ2v) is 10.3. The molecule has 0 spiro atoms. The fourth-order valence-corrected chi connectivity index (χ4v) is 4.94. The normalized spacial score (nSPS) is 11.4. The van der Waals surface area contributed by atoms with E-state index in [0.29, 0.717) is 24.2 Å². The van der Waals surface area contributed by atoms with Gasteiger partial charge >= 0.3 is 18.1 Å². The third kappa shape index (κ3) is 8.21.